The number of amides is 3. The van der Waals surface area contributed by atoms with Crippen molar-refractivity contribution in [1.29, 1.82) is 0 Å². The van der Waals surface area contributed by atoms with Gasteiger partial charge >= 0.3 is 6.03 Å². The molecular formula is C23H29ClN4O2. The smallest absolute Gasteiger partial charge is 0.319 e. The molecule has 160 valence electrons. The highest BCUT2D eigenvalue weighted by molar-refractivity contribution is 6.30. The molecule has 0 unspecified atom stereocenters. The summed E-state index contributed by atoms with van der Waals surface area (Å²) in [6, 6.07) is 9.08. The molecule has 3 amide bonds. The Hall–Kier alpha value is -2.47. The third-order valence-electron chi connectivity index (χ3n) is 6.19. The summed E-state index contributed by atoms with van der Waals surface area (Å²) < 4.78 is 1.91. The van der Waals surface area contributed by atoms with Gasteiger partial charge in [0, 0.05) is 42.5 Å². The van der Waals surface area contributed by atoms with Crippen LogP contribution in [0.4, 0.5) is 10.5 Å². The number of rotatable bonds is 4. The number of benzene rings is 1. The third kappa shape index (κ3) is 4.98. The number of nitrogens with zero attached hydrogens (tertiary/aromatic N) is 2. The van der Waals surface area contributed by atoms with Gasteiger partial charge in [-0.3, -0.25) is 4.79 Å². The van der Waals surface area contributed by atoms with Gasteiger partial charge < -0.3 is 20.1 Å². The molecule has 2 aromatic rings. The Morgan fingerprint density at radius 2 is 1.67 bits per heavy atom. The summed E-state index contributed by atoms with van der Waals surface area (Å²) in [5.41, 5.74) is 1.51. The van der Waals surface area contributed by atoms with Crippen LogP contribution in [0.5, 0.6) is 0 Å². The normalized spacial score (nSPS) is 18.2. The monoisotopic (exact) mass is 428 g/mol. The molecule has 1 aliphatic carbocycles. The molecule has 4 rings (SSSR count). The van der Waals surface area contributed by atoms with Crippen LogP contribution in [-0.4, -0.2) is 40.5 Å². The zero-order valence-electron chi connectivity index (χ0n) is 17.1. The zero-order chi connectivity index (χ0) is 20.9. The molecule has 2 heterocycles. The average molecular weight is 429 g/mol. The molecule has 2 N–H and O–H groups in total. The average Bonchev–Trinajstić information content (AvgIpc) is 3.30. The van der Waals surface area contributed by atoms with Crippen LogP contribution in [0.3, 0.4) is 0 Å². The molecule has 2 fully saturated rings. The molecule has 1 saturated heterocycles. The fourth-order valence-corrected chi connectivity index (χ4v) is 4.68. The van der Waals surface area contributed by atoms with E-state index in [4.69, 9.17) is 11.6 Å². The second kappa shape index (κ2) is 9.56. The van der Waals surface area contributed by atoms with E-state index in [1.54, 1.807) is 6.07 Å². The van der Waals surface area contributed by atoms with E-state index in [1.807, 2.05) is 46.1 Å². The Morgan fingerprint density at radius 1 is 0.967 bits per heavy atom. The van der Waals surface area contributed by atoms with Crippen LogP contribution in [-0.2, 0) is 4.79 Å². The number of likely N-dealkylation sites (tertiary alicyclic amines) is 1. The molecule has 0 radical (unpaired) electrons. The molecule has 30 heavy (non-hydrogen) atoms. The minimum Gasteiger partial charge on any atom is -0.342 e. The predicted octanol–water partition coefficient (Wildman–Crippen LogP) is 4.82. The lowest BCUT2D eigenvalue weighted by molar-refractivity contribution is -0.137. The second-order valence-electron chi connectivity index (χ2n) is 8.28. The van der Waals surface area contributed by atoms with Crippen molar-refractivity contribution in [2.45, 2.75) is 51.0 Å². The van der Waals surface area contributed by atoms with Gasteiger partial charge in [0.05, 0.1) is 11.4 Å². The standard InChI is InChI=1S/C23H29ClN4O2/c24-18-8-9-20(21(16-18)27-12-4-5-13-27)26-23(30)25-19-10-14-28(15-11-19)22(29)17-6-2-1-3-7-17/h4-5,8-9,12-13,16-17,19H,1-3,6-7,10-11,14-15H2,(H2,25,26,30). The summed E-state index contributed by atoms with van der Waals surface area (Å²) >= 11 is 6.15. The van der Waals surface area contributed by atoms with Gasteiger partial charge in [0.25, 0.3) is 0 Å². The fourth-order valence-electron chi connectivity index (χ4n) is 4.51. The molecule has 1 aliphatic heterocycles. The predicted molar refractivity (Wildman–Crippen MR) is 119 cm³/mol. The van der Waals surface area contributed by atoms with Gasteiger partial charge in [0.1, 0.15) is 0 Å². The Balaban J connectivity index is 1.30. The van der Waals surface area contributed by atoms with E-state index in [9.17, 15) is 9.59 Å². The highest BCUT2D eigenvalue weighted by atomic mass is 35.5. The number of hydrogen-bond acceptors (Lipinski definition) is 2. The topological polar surface area (TPSA) is 66.4 Å². The van der Waals surface area contributed by atoms with Gasteiger partial charge in [-0.15, -0.1) is 0 Å². The molecule has 0 bridgehead atoms. The lowest BCUT2D eigenvalue weighted by Crippen LogP contribution is -2.49. The lowest BCUT2D eigenvalue weighted by atomic mass is 9.87. The summed E-state index contributed by atoms with van der Waals surface area (Å²) in [4.78, 5) is 27.3. The van der Waals surface area contributed by atoms with E-state index in [0.29, 0.717) is 16.6 Å². The number of carbonyl (C=O) groups is 2. The maximum absolute atomic E-state index is 12.7. The van der Waals surface area contributed by atoms with E-state index < -0.39 is 0 Å². The Kier molecular flexibility index (Phi) is 6.62. The highest BCUT2D eigenvalue weighted by Crippen LogP contribution is 2.27. The maximum atomic E-state index is 12.7. The molecular weight excluding hydrogens is 400 g/mol. The first-order valence-corrected chi connectivity index (χ1v) is 11.3. The molecule has 1 saturated carbocycles. The minimum absolute atomic E-state index is 0.0720. The summed E-state index contributed by atoms with van der Waals surface area (Å²) in [6.07, 6.45) is 11.1. The first-order chi connectivity index (χ1) is 14.6. The van der Waals surface area contributed by atoms with Gasteiger partial charge in [0.15, 0.2) is 0 Å². The maximum Gasteiger partial charge on any atom is 0.319 e. The quantitative estimate of drug-likeness (QED) is 0.732. The Bertz CT molecular complexity index is 869. The van der Waals surface area contributed by atoms with Crippen LogP contribution in [0.1, 0.15) is 44.9 Å². The van der Waals surface area contributed by atoms with Crippen molar-refractivity contribution in [3.05, 3.63) is 47.7 Å². The van der Waals surface area contributed by atoms with Crippen molar-refractivity contribution in [2.75, 3.05) is 18.4 Å². The number of urea groups is 1. The largest absolute Gasteiger partial charge is 0.342 e. The molecule has 1 aromatic heterocycles. The third-order valence-corrected chi connectivity index (χ3v) is 6.42. The second-order valence-corrected chi connectivity index (χ2v) is 8.72. The summed E-state index contributed by atoms with van der Waals surface area (Å²) in [5.74, 6) is 0.527. The van der Waals surface area contributed by atoms with E-state index in [2.05, 4.69) is 10.6 Å². The van der Waals surface area contributed by atoms with Crippen LogP contribution in [0.25, 0.3) is 5.69 Å². The van der Waals surface area contributed by atoms with Crippen LogP contribution in [0, 0.1) is 5.92 Å². The van der Waals surface area contributed by atoms with Crippen molar-refractivity contribution in [1.82, 2.24) is 14.8 Å². The number of carbonyl (C=O) groups excluding carboxylic acids is 2. The van der Waals surface area contributed by atoms with E-state index in [0.717, 1.165) is 44.5 Å². The number of piperidine rings is 1. The van der Waals surface area contributed by atoms with E-state index in [1.165, 1.54) is 19.3 Å². The highest BCUT2D eigenvalue weighted by Gasteiger charge is 2.29. The van der Waals surface area contributed by atoms with Crippen LogP contribution in [0.2, 0.25) is 5.02 Å². The van der Waals surface area contributed by atoms with Crippen molar-refractivity contribution < 1.29 is 9.59 Å². The Labute approximate surface area is 182 Å². The van der Waals surface area contributed by atoms with Crippen LogP contribution < -0.4 is 10.6 Å². The van der Waals surface area contributed by atoms with E-state index >= 15 is 0 Å². The van der Waals surface area contributed by atoms with Crippen molar-refractivity contribution in [2.24, 2.45) is 5.92 Å². The number of nitrogens with one attached hydrogen (secondary N) is 2. The van der Waals surface area contributed by atoms with Gasteiger partial charge in [-0.25, -0.2) is 4.79 Å². The van der Waals surface area contributed by atoms with Gasteiger partial charge in [-0.1, -0.05) is 30.9 Å². The van der Waals surface area contributed by atoms with Crippen LogP contribution >= 0.6 is 11.6 Å². The molecule has 1 aromatic carbocycles. The van der Waals surface area contributed by atoms with Gasteiger partial charge in [-0.2, -0.15) is 0 Å². The molecule has 7 heteroatoms. The molecule has 0 spiro atoms. The summed E-state index contributed by atoms with van der Waals surface area (Å²) in [5, 5.41) is 6.62. The molecule has 0 atom stereocenters. The zero-order valence-corrected chi connectivity index (χ0v) is 17.9. The number of hydrogen-bond donors (Lipinski definition) is 2. The fraction of sp³-hybridized carbons (Fsp3) is 0.478. The van der Waals surface area contributed by atoms with E-state index in [-0.39, 0.29) is 18.0 Å². The van der Waals surface area contributed by atoms with Crippen molar-refractivity contribution in [3.8, 4) is 5.69 Å². The van der Waals surface area contributed by atoms with Gasteiger partial charge in [0.2, 0.25) is 5.91 Å². The summed E-state index contributed by atoms with van der Waals surface area (Å²) in [7, 11) is 0. The number of anilines is 1. The van der Waals surface area contributed by atoms with Gasteiger partial charge in [-0.05, 0) is 56.0 Å². The minimum atomic E-state index is -0.234. The van der Waals surface area contributed by atoms with Crippen LogP contribution in [0.15, 0.2) is 42.7 Å². The molecule has 2 aliphatic rings. The number of halogens is 1. The lowest BCUT2D eigenvalue weighted by Gasteiger charge is -2.35. The Morgan fingerprint density at radius 3 is 2.37 bits per heavy atom. The number of aromatic nitrogens is 1. The molecule has 6 nitrogen and oxygen atoms in total. The van der Waals surface area contributed by atoms with Crippen molar-refractivity contribution in [3.63, 3.8) is 0 Å². The summed E-state index contributed by atoms with van der Waals surface area (Å²) in [6.45, 7) is 1.44. The first-order valence-electron chi connectivity index (χ1n) is 10.9. The SMILES string of the molecule is O=C(Nc1ccc(Cl)cc1-n1cccc1)NC1CCN(C(=O)C2CCCCC2)CC1. The van der Waals surface area contributed by atoms with Crippen molar-refractivity contribution >= 4 is 29.2 Å². The first kappa shape index (κ1) is 20.8.